The summed E-state index contributed by atoms with van der Waals surface area (Å²) >= 11 is 12.0. The van der Waals surface area contributed by atoms with E-state index in [-0.39, 0.29) is 29.9 Å². The SMILES string of the molecule is O=C(NC1CC2(N3CCN(c4ccc(Cl)cc4)C3=O)CC1C2)[C@H]1C[C@@H](O)c2cc(Cl)ccc2O1. The van der Waals surface area contributed by atoms with Crippen LogP contribution >= 0.6 is 23.2 Å². The second-order valence-electron chi connectivity index (χ2n) is 9.81. The molecule has 0 aromatic heterocycles. The van der Waals surface area contributed by atoms with Gasteiger partial charge in [-0.25, -0.2) is 4.79 Å². The van der Waals surface area contributed by atoms with Crippen molar-refractivity contribution >= 4 is 40.8 Å². The van der Waals surface area contributed by atoms with Gasteiger partial charge in [-0.15, -0.1) is 0 Å². The Morgan fingerprint density at radius 3 is 2.56 bits per heavy atom. The number of hydrogen-bond acceptors (Lipinski definition) is 4. The number of halogens is 2. The Labute approximate surface area is 207 Å². The molecule has 1 saturated heterocycles. The van der Waals surface area contributed by atoms with Crippen molar-refractivity contribution in [3.63, 3.8) is 0 Å². The third kappa shape index (κ3) is 3.53. The highest BCUT2D eigenvalue weighted by Gasteiger charge is 2.62. The maximum atomic E-state index is 13.2. The molecule has 7 nitrogen and oxygen atoms in total. The quantitative estimate of drug-likeness (QED) is 0.658. The molecule has 34 heavy (non-hydrogen) atoms. The second-order valence-corrected chi connectivity index (χ2v) is 10.7. The molecular formula is C25H25Cl2N3O4. The number of amides is 3. The number of aliphatic hydroxyl groups is 1. The third-order valence-corrected chi connectivity index (χ3v) is 8.32. The molecule has 2 aromatic carbocycles. The second kappa shape index (κ2) is 8.04. The Morgan fingerprint density at radius 1 is 1.06 bits per heavy atom. The molecule has 9 heteroatoms. The van der Waals surface area contributed by atoms with Crippen LogP contribution in [0.3, 0.4) is 0 Å². The smallest absolute Gasteiger partial charge is 0.325 e. The molecule has 2 aromatic rings. The van der Waals surface area contributed by atoms with Gasteiger partial charge in [-0.3, -0.25) is 9.69 Å². The summed E-state index contributed by atoms with van der Waals surface area (Å²) in [5.74, 6) is 0.615. The molecule has 3 saturated carbocycles. The van der Waals surface area contributed by atoms with E-state index in [4.69, 9.17) is 27.9 Å². The highest BCUT2D eigenvalue weighted by atomic mass is 35.5. The van der Waals surface area contributed by atoms with Gasteiger partial charge in [0.25, 0.3) is 5.91 Å². The predicted molar refractivity (Wildman–Crippen MR) is 128 cm³/mol. The summed E-state index contributed by atoms with van der Waals surface area (Å²) in [5, 5.41) is 14.8. The molecule has 0 spiro atoms. The van der Waals surface area contributed by atoms with Crippen LogP contribution in [-0.2, 0) is 4.79 Å². The van der Waals surface area contributed by atoms with Crippen molar-refractivity contribution in [3.05, 3.63) is 58.1 Å². The standard InChI is InChI=1S/C25H25Cl2N3O4/c26-15-1-4-17(5-2-15)29-7-8-30(24(29)33)25-11-14(12-25)19(13-25)28-23(32)22-10-20(31)18-9-16(27)3-6-21(18)34-22/h1-6,9,14,19-20,22,31H,7-8,10-13H2,(H,28,32)/t14?,19?,20-,22-,25?/m1/s1. The normalized spacial score (nSPS) is 31.7. The van der Waals surface area contributed by atoms with Crippen LogP contribution in [0.1, 0.15) is 37.4 Å². The van der Waals surface area contributed by atoms with Crippen molar-refractivity contribution in [1.82, 2.24) is 10.2 Å². The Kier molecular flexibility index (Phi) is 5.20. The number of urea groups is 1. The summed E-state index contributed by atoms with van der Waals surface area (Å²) in [6.07, 6.45) is 1.16. The first-order valence-corrected chi connectivity index (χ1v) is 12.4. The van der Waals surface area contributed by atoms with Gasteiger partial charge in [-0.05, 0) is 67.6 Å². The molecule has 7 rings (SSSR count). The van der Waals surface area contributed by atoms with Crippen LogP contribution in [0.4, 0.5) is 10.5 Å². The molecule has 2 bridgehead atoms. The van der Waals surface area contributed by atoms with Crippen LogP contribution in [0.5, 0.6) is 5.75 Å². The number of hydrogen-bond donors (Lipinski definition) is 2. The molecule has 3 atom stereocenters. The number of rotatable bonds is 4. The minimum atomic E-state index is -0.803. The lowest BCUT2D eigenvalue weighted by atomic mass is 9.75. The average molecular weight is 502 g/mol. The molecule has 4 fully saturated rings. The van der Waals surface area contributed by atoms with E-state index in [2.05, 4.69) is 5.32 Å². The first-order chi connectivity index (χ1) is 16.3. The zero-order valence-corrected chi connectivity index (χ0v) is 19.9. The summed E-state index contributed by atoms with van der Waals surface area (Å²) in [5.41, 5.74) is 1.26. The maximum absolute atomic E-state index is 13.2. The molecule has 178 valence electrons. The number of fused-ring (bicyclic) bond motifs is 2. The zero-order valence-electron chi connectivity index (χ0n) is 18.4. The minimum Gasteiger partial charge on any atom is -0.480 e. The van der Waals surface area contributed by atoms with Crippen LogP contribution in [-0.4, -0.2) is 52.7 Å². The fourth-order valence-corrected chi connectivity index (χ4v) is 6.44. The fraction of sp³-hybridized carbons (Fsp3) is 0.440. The Balaban J connectivity index is 1.10. The molecule has 0 radical (unpaired) electrons. The Morgan fingerprint density at radius 2 is 1.79 bits per heavy atom. The Hall–Kier alpha value is -2.48. The third-order valence-electron chi connectivity index (χ3n) is 7.83. The van der Waals surface area contributed by atoms with Gasteiger partial charge in [0, 0.05) is 52.4 Å². The van der Waals surface area contributed by atoms with Crippen molar-refractivity contribution in [2.75, 3.05) is 18.0 Å². The lowest BCUT2D eigenvalue weighted by molar-refractivity contribution is -0.131. The number of nitrogens with zero attached hydrogens (tertiary/aromatic N) is 2. The van der Waals surface area contributed by atoms with Crippen LogP contribution in [0.15, 0.2) is 42.5 Å². The van der Waals surface area contributed by atoms with E-state index >= 15 is 0 Å². The van der Waals surface area contributed by atoms with Gasteiger partial charge in [0.1, 0.15) is 5.75 Å². The van der Waals surface area contributed by atoms with Crippen molar-refractivity contribution in [2.45, 2.75) is 49.5 Å². The van der Waals surface area contributed by atoms with Gasteiger partial charge in [-0.2, -0.15) is 0 Å². The summed E-state index contributed by atoms with van der Waals surface area (Å²) in [7, 11) is 0. The van der Waals surface area contributed by atoms with E-state index in [0.29, 0.717) is 40.4 Å². The highest BCUT2D eigenvalue weighted by Crippen LogP contribution is 2.56. The first kappa shape index (κ1) is 22.0. The number of carbonyl (C=O) groups excluding carboxylic acids is 2. The number of ether oxygens (including phenoxy) is 1. The van der Waals surface area contributed by atoms with Gasteiger partial charge in [0.15, 0.2) is 6.10 Å². The molecular weight excluding hydrogens is 477 g/mol. The molecule has 2 aliphatic heterocycles. The van der Waals surface area contributed by atoms with Crippen LogP contribution in [0.2, 0.25) is 10.0 Å². The first-order valence-electron chi connectivity index (χ1n) is 11.6. The van der Waals surface area contributed by atoms with Crippen molar-refractivity contribution in [1.29, 1.82) is 0 Å². The summed E-state index contributed by atoms with van der Waals surface area (Å²) in [6, 6.07) is 12.4. The van der Waals surface area contributed by atoms with E-state index in [0.717, 1.165) is 24.9 Å². The van der Waals surface area contributed by atoms with E-state index < -0.39 is 12.2 Å². The number of carbonyl (C=O) groups is 2. The number of benzene rings is 2. The van der Waals surface area contributed by atoms with Crippen molar-refractivity contribution in [2.24, 2.45) is 5.92 Å². The summed E-state index contributed by atoms with van der Waals surface area (Å²) < 4.78 is 5.88. The topological polar surface area (TPSA) is 82.1 Å². The Bertz CT molecular complexity index is 1150. The van der Waals surface area contributed by atoms with Gasteiger partial charge in [0.2, 0.25) is 0 Å². The average Bonchev–Trinajstić information content (AvgIpc) is 3.45. The molecule has 3 aliphatic carbocycles. The number of aliphatic hydroxyl groups excluding tert-OH is 1. The van der Waals surface area contributed by atoms with Crippen LogP contribution in [0, 0.1) is 5.92 Å². The highest BCUT2D eigenvalue weighted by molar-refractivity contribution is 6.31. The molecule has 2 heterocycles. The zero-order chi connectivity index (χ0) is 23.6. The molecule has 5 aliphatic rings. The van der Waals surface area contributed by atoms with Crippen LogP contribution < -0.4 is 15.0 Å². The minimum absolute atomic E-state index is 0.00256. The number of nitrogens with one attached hydrogen (secondary N) is 1. The predicted octanol–water partition coefficient (Wildman–Crippen LogP) is 4.16. The van der Waals surface area contributed by atoms with Crippen LogP contribution in [0.25, 0.3) is 0 Å². The van der Waals surface area contributed by atoms with E-state index in [9.17, 15) is 14.7 Å². The summed E-state index contributed by atoms with van der Waals surface area (Å²) in [6.45, 7) is 1.31. The van der Waals surface area contributed by atoms with E-state index in [1.54, 1.807) is 35.2 Å². The monoisotopic (exact) mass is 501 g/mol. The lowest BCUT2D eigenvalue weighted by Gasteiger charge is -2.45. The van der Waals surface area contributed by atoms with Gasteiger partial charge in [0.05, 0.1) is 6.10 Å². The maximum Gasteiger partial charge on any atom is 0.325 e. The number of anilines is 1. The van der Waals surface area contributed by atoms with Gasteiger partial charge >= 0.3 is 6.03 Å². The fourth-order valence-electron chi connectivity index (χ4n) is 6.13. The molecule has 3 amide bonds. The van der Waals surface area contributed by atoms with Gasteiger partial charge < -0.3 is 20.1 Å². The molecule has 1 unspecified atom stereocenters. The van der Waals surface area contributed by atoms with E-state index in [1.807, 2.05) is 17.0 Å². The largest absolute Gasteiger partial charge is 0.480 e. The molecule has 2 N–H and O–H groups in total. The van der Waals surface area contributed by atoms with Crippen molar-refractivity contribution in [3.8, 4) is 5.75 Å². The summed E-state index contributed by atoms with van der Waals surface area (Å²) in [4.78, 5) is 30.0. The van der Waals surface area contributed by atoms with E-state index in [1.165, 1.54) is 0 Å². The van der Waals surface area contributed by atoms with Gasteiger partial charge in [-0.1, -0.05) is 23.2 Å². The van der Waals surface area contributed by atoms with Crippen molar-refractivity contribution < 1.29 is 19.4 Å². The lowest BCUT2D eigenvalue weighted by Crippen LogP contribution is -2.53.